The van der Waals surface area contributed by atoms with Crippen LogP contribution in [0.2, 0.25) is 0 Å². The second-order valence-electron chi connectivity index (χ2n) is 4.56. The van der Waals surface area contributed by atoms with Crippen LogP contribution in [0.3, 0.4) is 0 Å². The molecular formula is C14H15N3O3S. The Balaban J connectivity index is 1.66. The second kappa shape index (κ2) is 6.09. The molecule has 0 aliphatic carbocycles. The lowest BCUT2D eigenvalue weighted by Crippen LogP contribution is -2.23. The van der Waals surface area contributed by atoms with Crippen molar-refractivity contribution in [1.82, 2.24) is 14.9 Å². The molecule has 2 aromatic rings. The van der Waals surface area contributed by atoms with Crippen molar-refractivity contribution in [2.24, 2.45) is 0 Å². The van der Waals surface area contributed by atoms with Gasteiger partial charge < -0.3 is 14.8 Å². The first-order valence-electron chi connectivity index (χ1n) is 6.76. The molecule has 6 nitrogen and oxygen atoms in total. The van der Waals surface area contributed by atoms with Crippen LogP contribution in [0.25, 0.3) is 0 Å². The normalized spacial score (nSPS) is 13.0. The van der Waals surface area contributed by atoms with Crippen LogP contribution in [-0.4, -0.2) is 28.7 Å². The predicted molar refractivity (Wildman–Crippen MR) is 77.9 cm³/mol. The SMILES string of the molecule is CCc1nnsc1C(=O)NCc1ccc2c(c1)OCCO2. The molecule has 0 fully saturated rings. The highest BCUT2D eigenvalue weighted by atomic mass is 32.1. The number of aryl methyl sites for hydroxylation is 1. The van der Waals surface area contributed by atoms with Crippen LogP contribution >= 0.6 is 11.5 Å². The van der Waals surface area contributed by atoms with E-state index in [0.717, 1.165) is 34.3 Å². The van der Waals surface area contributed by atoms with Gasteiger partial charge in [-0.05, 0) is 35.6 Å². The maximum absolute atomic E-state index is 12.1. The van der Waals surface area contributed by atoms with Gasteiger partial charge in [-0.3, -0.25) is 4.79 Å². The third-order valence-electron chi connectivity index (χ3n) is 3.16. The van der Waals surface area contributed by atoms with E-state index in [1.165, 1.54) is 0 Å². The van der Waals surface area contributed by atoms with Crippen LogP contribution in [0.15, 0.2) is 18.2 Å². The van der Waals surface area contributed by atoms with Crippen molar-refractivity contribution in [2.75, 3.05) is 13.2 Å². The van der Waals surface area contributed by atoms with Crippen LogP contribution < -0.4 is 14.8 Å². The Labute approximate surface area is 126 Å². The fraction of sp³-hybridized carbons (Fsp3) is 0.357. The fourth-order valence-electron chi connectivity index (χ4n) is 2.07. The smallest absolute Gasteiger partial charge is 0.265 e. The molecule has 1 amide bonds. The zero-order valence-corrected chi connectivity index (χ0v) is 12.4. The molecule has 0 atom stereocenters. The number of nitrogens with one attached hydrogen (secondary N) is 1. The summed E-state index contributed by atoms with van der Waals surface area (Å²) in [6.45, 7) is 3.50. The summed E-state index contributed by atoms with van der Waals surface area (Å²) >= 11 is 1.12. The minimum absolute atomic E-state index is 0.142. The van der Waals surface area contributed by atoms with Gasteiger partial charge >= 0.3 is 0 Å². The fourth-order valence-corrected chi connectivity index (χ4v) is 2.74. The van der Waals surface area contributed by atoms with Crippen LogP contribution in [0, 0.1) is 0 Å². The Morgan fingerprint density at radius 2 is 2.14 bits per heavy atom. The summed E-state index contributed by atoms with van der Waals surface area (Å²) < 4.78 is 14.8. The predicted octanol–water partition coefficient (Wildman–Crippen LogP) is 1.80. The quantitative estimate of drug-likeness (QED) is 0.932. The standard InChI is InChI=1S/C14H15N3O3S/c1-2-10-13(21-17-16-10)14(18)15-8-9-3-4-11-12(7-9)20-6-5-19-11/h3-4,7H,2,5-6,8H2,1H3,(H,15,18). The first kappa shape index (κ1) is 13.8. The van der Waals surface area contributed by atoms with Gasteiger partial charge in [-0.2, -0.15) is 0 Å². The van der Waals surface area contributed by atoms with Gasteiger partial charge in [0.05, 0.1) is 5.69 Å². The maximum Gasteiger partial charge on any atom is 0.265 e. The number of hydrogen-bond donors (Lipinski definition) is 1. The minimum Gasteiger partial charge on any atom is -0.486 e. The summed E-state index contributed by atoms with van der Waals surface area (Å²) in [7, 11) is 0. The average molecular weight is 305 g/mol. The lowest BCUT2D eigenvalue weighted by atomic mass is 10.2. The van der Waals surface area contributed by atoms with Gasteiger partial charge in [0.25, 0.3) is 5.91 Å². The number of carbonyl (C=O) groups is 1. The number of rotatable bonds is 4. The molecule has 0 radical (unpaired) electrons. The van der Waals surface area contributed by atoms with E-state index in [9.17, 15) is 4.79 Å². The highest BCUT2D eigenvalue weighted by molar-refractivity contribution is 7.08. The van der Waals surface area contributed by atoms with Crippen molar-refractivity contribution >= 4 is 17.4 Å². The van der Waals surface area contributed by atoms with Crippen molar-refractivity contribution in [3.63, 3.8) is 0 Å². The van der Waals surface area contributed by atoms with Gasteiger partial charge in [0.15, 0.2) is 11.5 Å². The first-order valence-corrected chi connectivity index (χ1v) is 7.53. The molecule has 2 heterocycles. The molecule has 21 heavy (non-hydrogen) atoms. The Hall–Kier alpha value is -2.15. The van der Waals surface area contributed by atoms with E-state index in [0.29, 0.717) is 31.1 Å². The number of ether oxygens (including phenoxy) is 2. The maximum atomic E-state index is 12.1. The van der Waals surface area contributed by atoms with Crippen molar-refractivity contribution in [2.45, 2.75) is 19.9 Å². The van der Waals surface area contributed by atoms with Crippen LogP contribution in [-0.2, 0) is 13.0 Å². The molecule has 3 rings (SSSR count). The van der Waals surface area contributed by atoms with E-state index in [1.54, 1.807) is 0 Å². The van der Waals surface area contributed by atoms with Crippen molar-refractivity contribution < 1.29 is 14.3 Å². The highest BCUT2D eigenvalue weighted by Crippen LogP contribution is 2.30. The number of hydrogen-bond acceptors (Lipinski definition) is 6. The molecule has 1 aromatic carbocycles. The molecule has 0 saturated heterocycles. The van der Waals surface area contributed by atoms with Crippen LogP contribution in [0.4, 0.5) is 0 Å². The third-order valence-corrected chi connectivity index (χ3v) is 3.92. The number of fused-ring (bicyclic) bond motifs is 1. The number of aromatic nitrogens is 2. The number of benzene rings is 1. The molecular weight excluding hydrogens is 290 g/mol. The Morgan fingerprint density at radius 1 is 1.33 bits per heavy atom. The van der Waals surface area contributed by atoms with E-state index in [2.05, 4.69) is 14.9 Å². The average Bonchev–Trinajstić information content (AvgIpc) is 3.01. The molecule has 1 aliphatic heterocycles. The monoisotopic (exact) mass is 305 g/mol. The highest BCUT2D eigenvalue weighted by Gasteiger charge is 2.15. The summed E-state index contributed by atoms with van der Waals surface area (Å²) in [5, 5.41) is 6.82. The van der Waals surface area contributed by atoms with Crippen molar-refractivity contribution in [3.05, 3.63) is 34.3 Å². The topological polar surface area (TPSA) is 73.3 Å². The summed E-state index contributed by atoms with van der Waals surface area (Å²) in [5.74, 6) is 1.33. The molecule has 0 spiro atoms. The minimum atomic E-state index is -0.142. The Kier molecular flexibility index (Phi) is 4.01. The number of carbonyl (C=O) groups excluding carboxylic acids is 1. The second-order valence-corrected chi connectivity index (χ2v) is 5.32. The molecule has 1 aliphatic rings. The lowest BCUT2D eigenvalue weighted by molar-refractivity contribution is 0.0953. The Bertz CT molecular complexity index is 657. The molecule has 0 bridgehead atoms. The number of nitrogens with zero attached hydrogens (tertiary/aromatic N) is 2. The van der Waals surface area contributed by atoms with Crippen LogP contribution in [0.1, 0.15) is 27.9 Å². The van der Waals surface area contributed by atoms with E-state index < -0.39 is 0 Å². The number of amides is 1. The molecule has 0 unspecified atom stereocenters. The van der Waals surface area contributed by atoms with E-state index in [4.69, 9.17) is 9.47 Å². The van der Waals surface area contributed by atoms with Crippen molar-refractivity contribution in [1.29, 1.82) is 0 Å². The molecule has 110 valence electrons. The van der Waals surface area contributed by atoms with E-state index in [-0.39, 0.29) is 5.91 Å². The summed E-state index contributed by atoms with van der Waals surface area (Å²) in [4.78, 5) is 12.7. The van der Waals surface area contributed by atoms with Gasteiger partial charge in [0.2, 0.25) is 0 Å². The van der Waals surface area contributed by atoms with Gasteiger partial charge in [-0.1, -0.05) is 17.5 Å². The Morgan fingerprint density at radius 3 is 2.95 bits per heavy atom. The summed E-state index contributed by atoms with van der Waals surface area (Å²) in [6.07, 6.45) is 0.698. The first-order chi connectivity index (χ1) is 10.3. The zero-order valence-electron chi connectivity index (χ0n) is 11.6. The molecule has 1 N–H and O–H groups in total. The van der Waals surface area contributed by atoms with E-state index >= 15 is 0 Å². The molecule has 7 heteroatoms. The van der Waals surface area contributed by atoms with Gasteiger partial charge in [0.1, 0.15) is 18.1 Å². The van der Waals surface area contributed by atoms with E-state index in [1.807, 2.05) is 25.1 Å². The summed E-state index contributed by atoms with van der Waals surface area (Å²) in [6, 6.07) is 5.67. The van der Waals surface area contributed by atoms with Crippen molar-refractivity contribution in [3.8, 4) is 11.5 Å². The van der Waals surface area contributed by atoms with Crippen LogP contribution in [0.5, 0.6) is 11.5 Å². The van der Waals surface area contributed by atoms with Gasteiger partial charge in [-0.15, -0.1) is 5.10 Å². The van der Waals surface area contributed by atoms with Gasteiger partial charge in [-0.25, -0.2) is 0 Å². The lowest BCUT2D eigenvalue weighted by Gasteiger charge is -2.18. The summed E-state index contributed by atoms with van der Waals surface area (Å²) in [5.41, 5.74) is 1.70. The molecule has 1 aromatic heterocycles. The third kappa shape index (κ3) is 2.97. The van der Waals surface area contributed by atoms with Gasteiger partial charge in [0, 0.05) is 6.54 Å². The largest absolute Gasteiger partial charge is 0.486 e. The zero-order chi connectivity index (χ0) is 14.7. The molecule has 0 saturated carbocycles.